The molecule has 1 N–H and O–H groups in total. The van der Waals surface area contributed by atoms with E-state index in [2.05, 4.69) is 17.2 Å². The Morgan fingerprint density at radius 1 is 1.55 bits per heavy atom. The Morgan fingerprint density at radius 3 is 2.91 bits per heavy atom. The maximum absolute atomic E-state index is 4.22. The first-order chi connectivity index (χ1) is 5.43. The number of aliphatic imine (C=N–C) groups is 1. The first-order valence-electron chi connectivity index (χ1n) is 4.38. The van der Waals surface area contributed by atoms with E-state index in [0.29, 0.717) is 0 Å². The zero-order valence-electron chi connectivity index (χ0n) is 7.72. The zero-order chi connectivity index (χ0) is 8.53. The third-order valence-corrected chi connectivity index (χ3v) is 1.31. The minimum atomic E-state index is 1.02. The molecule has 1 aliphatic rings. The third kappa shape index (κ3) is 4.59. The van der Waals surface area contributed by atoms with E-state index in [1.54, 1.807) is 0 Å². The molecule has 0 atom stereocenters. The highest BCUT2D eigenvalue weighted by Crippen LogP contribution is 2.01. The fourth-order valence-electron chi connectivity index (χ4n) is 0.750. The van der Waals surface area contributed by atoms with Gasteiger partial charge in [0.2, 0.25) is 0 Å². The topological polar surface area (TPSA) is 24.4 Å². The summed E-state index contributed by atoms with van der Waals surface area (Å²) in [5.41, 5.74) is 1.15. The average Bonchev–Trinajstić information content (AvgIpc) is 2.35. The molecular weight excluding hydrogens is 136 g/mol. The zero-order valence-corrected chi connectivity index (χ0v) is 7.72. The standard InChI is InChI=1S/C7H12N2.C2H6/c1-2-7-6-8-4-3-5-9-7;1-2/h5-6,8H,2-4H2,1H3;1-2H3. The van der Waals surface area contributed by atoms with Crippen molar-refractivity contribution < 1.29 is 0 Å². The van der Waals surface area contributed by atoms with Crippen LogP contribution in [0.4, 0.5) is 0 Å². The van der Waals surface area contributed by atoms with Gasteiger partial charge < -0.3 is 5.32 Å². The van der Waals surface area contributed by atoms with Gasteiger partial charge in [-0.1, -0.05) is 20.8 Å². The van der Waals surface area contributed by atoms with E-state index in [1.165, 1.54) is 0 Å². The summed E-state index contributed by atoms with van der Waals surface area (Å²) in [6.45, 7) is 7.13. The maximum Gasteiger partial charge on any atom is 0.0553 e. The fourth-order valence-corrected chi connectivity index (χ4v) is 0.750. The molecule has 0 radical (unpaired) electrons. The minimum absolute atomic E-state index is 1.02. The van der Waals surface area contributed by atoms with E-state index in [0.717, 1.165) is 25.1 Å². The van der Waals surface area contributed by atoms with Crippen molar-refractivity contribution in [3.8, 4) is 0 Å². The van der Waals surface area contributed by atoms with Gasteiger partial charge in [0.15, 0.2) is 0 Å². The second-order valence-corrected chi connectivity index (χ2v) is 2.04. The first-order valence-corrected chi connectivity index (χ1v) is 4.38. The molecule has 0 spiro atoms. The molecule has 0 amide bonds. The lowest BCUT2D eigenvalue weighted by Crippen LogP contribution is -2.05. The van der Waals surface area contributed by atoms with Gasteiger partial charge in [0.05, 0.1) is 5.70 Å². The van der Waals surface area contributed by atoms with Crippen LogP contribution in [0, 0.1) is 0 Å². The third-order valence-electron chi connectivity index (χ3n) is 1.31. The molecule has 1 rings (SSSR count). The Balaban J connectivity index is 0.000000461. The lowest BCUT2D eigenvalue weighted by Gasteiger charge is -1.93. The van der Waals surface area contributed by atoms with Gasteiger partial charge in [-0.15, -0.1) is 0 Å². The summed E-state index contributed by atoms with van der Waals surface area (Å²) in [6, 6.07) is 0. The van der Waals surface area contributed by atoms with Gasteiger partial charge in [-0.3, -0.25) is 4.99 Å². The van der Waals surface area contributed by atoms with Crippen molar-refractivity contribution in [3.05, 3.63) is 11.9 Å². The van der Waals surface area contributed by atoms with Crippen LogP contribution in [-0.2, 0) is 0 Å². The van der Waals surface area contributed by atoms with Crippen molar-refractivity contribution in [2.75, 3.05) is 6.54 Å². The molecule has 0 aromatic carbocycles. The SMILES string of the molecule is CC.CCC1=CNCCC=N1. The van der Waals surface area contributed by atoms with Gasteiger partial charge in [-0.05, 0) is 12.8 Å². The van der Waals surface area contributed by atoms with E-state index in [9.17, 15) is 0 Å². The van der Waals surface area contributed by atoms with Crippen LogP contribution in [0.15, 0.2) is 16.9 Å². The quantitative estimate of drug-likeness (QED) is 0.616. The molecule has 1 heterocycles. The summed E-state index contributed by atoms with van der Waals surface area (Å²) < 4.78 is 0. The number of allylic oxidation sites excluding steroid dienone is 1. The lowest BCUT2D eigenvalue weighted by atomic mass is 10.4. The summed E-state index contributed by atoms with van der Waals surface area (Å²) in [6.07, 6.45) is 6.02. The van der Waals surface area contributed by atoms with Crippen LogP contribution in [0.3, 0.4) is 0 Å². The van der Waals surface area contributed by atoms with E-state index in [-0.39, 0.29) is 0 Å². The van der Waals surface area contributed by atoms with E-state index in [1.807, 2.05) is 26.3 Å². The number of rotatable bonds is 1. The van der Waals surface area contributed by atoms with Crippen molar-refractivity contribution in [2.45, 2.75) is 33.6 Å². The van der Waals surface area contributed by atoms with Crippen LogP contribution in [0.25, 0.3) is 0 Å². The Bertz CT molecular complexity index is 136. The van der Waals surface area contributed by atoms with Crippen molar-refractivity contribution in [3.63, 3.8) is 0 Å². The largest absolute Gasteiger partial charge is 0.389 e. The van der Waals surface area contributed by atoms with Crippen LogP contribution in [0.1, 0.15) is 33.6 Å². The molecule has 2 heteroatoms. The number of nitrogens with one attached hydrogen (secondary N) is 1. The fraction of sp³-hybridized carbons (Fsp3) is 0.667. The molecule has 0 fully saturated rings. The predicted octanol–water partition coefficient (Wildman–Crippen LogP) is 2.33. The predicted molar refractivity (Wildman–Crippen MR) is 50.8 cm³/mol. The summed E-state index contributed by atoms with van der Waals surface area (Å²) >= 11 is 0. The summed E-state index contributed by atoms with van der Waals surface area (Å²) in [5, 5.41) is 3.16. The van der Waals surface area contributed by atoms with Crippen molar-refractivity contribution in [1.29, 1.82) is 0 Å². The molecule has 0 saturated heterocycles. The second-order valence-electron chi connectivity index (χ2n) is 2.04. The summed E-state index contributed by atoms with van der Waals surface area (Å²) in [4.78, 5) is 4.22. The van der Waals surface area contributed by atoms with Gasteiger partial charge in [-0.25, -0.2) is 0 Å². The lowest BCUT2D eigenvalue weighted by molar-refractivity contribution is 0.874. The van der Waals surface area contributed by atoms with Gasteiger partial charge in [0, 0.05) is 19.0 Å². The Morgan fingerprint density at radius 2 is 2.27 bits per heavy atom. The van der Waals surface area contributed by atoms with E-state index >= 15 is 0 Å². The van der Waals surface area contributed by atoms with Crippen LogP contribution < -0.4 is 5.32 Å². The smallest absolute Gasteiger partial charge is 0.0553 e. The van der Waals surface area contributed by atoms with E-state index < -0.39 is 0 Å². The highest BCUT2D eigenvalue weighted by atomic mass is 14.9. The Hall–Kier alpha value is -0.790. The summed E-state index contributed by atoms with van der Waals surface area (Å²) in [5.74, 6) is 0. The minimum Gasteiger partial charge on any atom is -0.389 e. The first kappa shape index (κ1) is 10.2. The molecule has 64 valence electrons. The second kappa shape index (κ2) is 7.32. The Labute approximate surface area is 69.4 Å². The summed E-state index contributed by atoms with van der Waals surface area (Å²) in [7, 11) is 0. The molecule has 1 aliphatic heterocycles. The molecule has 0 aromatic heterocycles. The number of hydrogen-bond acceptors (Lipinski definition) is 2. The van der Waals surface area contributed by atoms with Gasteiger partial charge in [0.1, 0.15) is 0 Å². The van der Waals surface area contributed by atoms with Crippen LogP contribution in [-0.4, -0.2) is 12.8 Å². The van der Waals surface area contributed by atoms with Crippen molar-refractivity contribution in [1.82, 2.24) is 5.32 Å². The van der Waals surface area contributed by atoms with Gasteiger partial charge >= 0.3 is 0 Å². The van der Waals surface area contributed by atoms with Gasteiger partial charge in [0.25, 0.3) is 0 Å². The average molecular weight is 154 g/mol. The molecule has 0 saturated carbocycles. The monoisotopic (exact) mass is 154 g/mol. The number of hydrogen-bond donors (Lipinski definition) is 1. The molecule has 0 unspecified atom stereocenters. The van der Waals surface area contributed by atoms with Crippen LogP contribution in [0.2, 0.25) is 0 Å². The highest BCUT2D eigenvalue weighted by molar-refractivity contribution is 5.59. The highest BCUT2D eigenvalue weighted by Gasteiger charge is 1.91. The Kier molecular flexibility index (Phi) is 6.79. The van der Waals surface area contributed by atoms with Crippen LogP contribution in [0.5, 0.6) is 0 Å². The van der Waals surface area contributed by atoms with E-state index in [4.69, 9.17) is 0 Å². The number of nitrogens with zero attached hydrogens (tertiary/aromatic N) is 1. The maximum atomic E-state index is 4.22. The molecule has 11 heavy (non-hydrogen) atoms. The van der Waals surface area contributed by atoms with Gasteiger partial charge in [-0.2, -0.15) is 0 Å². The molecule has 0 bridgehead atoms. The van der Waals surface area contributed by atoms with Crippen molar-refractivity contribution >= 4 is 6.21 Å². The van der Waals surface area contributed by atoms with Crippen LogP contribution >= 0.6 is 0 Å². The molecule has 0 aliphatic carbocycles. The normalized spacial score (nSPS) is 15.4. The molecule has 0 aromatic rings. The van der Waals surface area contributed by atoms with Crippen molar-refractivity contribution in [2.24, 2.45) is 4.99 Å². The molecule has 2 nitrogen and oxygen atoms in total. The molecular formula is C9H18N2.